The Hall–Kier alpha value is -1.26. The number of hydrogen-bond donors (Lipinski definition) is 2. The van der Waals surface area contributed by atoms with Crippen LogP contribution < -0.4 is 14.8 Å². The Bertz CT molecular complexity index is 571. The first-order valence-electron chi connectivity index (χ1n) is 9.99. The van der Waals surface area contributed by atoms with Gasteiger partial charge < -0.3 is 19.9 Å². The fourth-order valence-electron chi connectivity index (χ4n) is 3.56. The SMILES string of the molecule is COc1cc(C(C)C)c(OC[C@H](O)CNC2CCCC2)c(C(C)(C)C)c1. The molecule has 0 bridgehead atoms. The number of benzene rings is 1. The van der Waals surface area contributed by atoms with E-state index in [9.17, 15) is 5.11 Å². The molecule has 148 valence electrons. The molecule has 1 aliphatic carbocycles. The average molecular weight is 364 g/mol. The minimum absolute atomic E-state index is 0.0689. The molecule has 0 saturated heterocycles. The Morgan fingerprint density at radius 3 is 2.38 bits per heavy atom. The van der Waals surface area contributed by atoms with Crippen molar-refractivity contribution in [2.75, 3.05) is 20.3 Å². The summed E-state index contributed by atoms with van der Waals surface area (Å²) >= 11 is 0. The van der Waals surface area contributed by atoms with Crippen molar-refractivity contribution in [1.29, 1.82) is 0 Å². The molecule has 0 unspecified atom stereocenters. The molecule has 1 aromatic carbocycles. The summed E-state index contributed by atoms with van der Waals surface area (Å²) in [6.45, 7) is 11.7. The van der Waals surface area contributed by atoms with Crippen LogP contribution in [0.25, 0.3) is 0 Å². The van der Waals surface area contributed by atoms with Gasteiger partial charge in [-0.3, -0.25) is 0 Å². The van der Waals surface area contributed by atoms with E-state index < -0.39 is 6.10 Å². The van der Waals surface area contributed by atoms with Gasteiger partial charge in [-0.05, 0) is 36.3 Å². The van der Waals surface area contributed by atoms with Crippen LogP contribution >= 0.6 is 0 Å². The van der Waals surface area contributed by atoms with Crippen molar-refractivity contribution in [3.63, 3.8) is 0 Å². The predicted molar refractivity (Wildman–Crippen MR) is 108 cm³/mol. The van der Waals surface area contributed by atoms with Gasteiger partial charge >= 0.3 is 0 Å². The van der Waals surface area contributed by atoms with Crippen LogP contribution in [0, 0.1) is 0 Å². The lowest BCUT2D eigenvalue weighted by atomic mass is 9.83. The van der Waals surface area contributed by atoms with Gasteiger partial charge in [0.1, 0.15) is 24.2 Å². The highest BCUT2D eigenvalue weighted by molar-refractivity contribution is 5.51. The highest BCUT2D eigenvalue weighted by Gasteiger charge is 2.25. The fraction of sp³-hybridized carbons (Fsp3) is 0.727. The molecule has 0 amide bonds. The number of aliphatic hydroxyl groups excluding tert-OH is 1. The molecule has 0 aromatic heterocycles. The lowest BCUT2D eigenvalue weighted by molar-refractivity contribution is 0.102. The van der Waals surface area contributed by atoms with E-state index in [4.69, 9.17) is 9.47 Å². The first-order valence-corrected chi connectivity index (χ1v) is 9.99. The summed E-state index contributed by atoms with van der Waals surface area (Å²) in [5.41, 5.74) is 2.18. The van der Waals surface area contributed by atoms with Gasteiger partial charge in [0.2, 0.25) is 0 Å². The van der Waals surface area contributed by atoms with E-state index in [1.165, 1.54) is 25.7 Å². The van der Waals surface area contributed by atoms with Crippen LogP contribution in [-0.4, -0.2) is 37.5 Å². The molecule has 0 aliphatic heterocycles. The van der Waals surface area contributed by atoms with Gasteiger partial charge in [-0.15, -0.1) is 0 Å². The van der Waals surface area contributed by atoms with Crippen LogP contribution in [0.15, 0.2) is 12.1 Å². The van der Waals surface area contributed by atoms with Gasteiger partial charge in [0.25, 0.3) is 0 Å². The summed E-state index contributed by atoms with van der Waals surface area (Å²) in [6.07, 6.45) is 4.52. The molecule has 26 heavy (non-hydrogen) atoms. The van der Waals surface area contributed by atoms with Crippen LogP contribution in [-0.2, 0) is 5.41 Å². The van der Waals surface area contributed by atoms with Crippen molar-refractivity contribution in [2.45, 2.75) is 83.8 Å². The molecule has 2 N–H and O–H groups in total. The molecule has 1 aliphatic rings. The van der Waals surface area contributed by atoms with Crippen molar-refractivity contribution in [3.05, 3.63) is 23.3 Å². The van der Waals surface area contributed by atoms with Crippen molar-refractivity contribution in [2.24, 2.45) is 0 Å². The maximum atomic E-state index is 10.4. The number of ether oxygens (including phenoxy) is 2. The van der Waals surface area contributed by atoms with Gasteiger partial charge in [-0.2, -0.15) is 0 Å². The molecule has 1 atom stereocenters. The van der Waals surface area contributed by atoms with Crippen LogP contribution in [0.5, 0.6) is 11.5 Å². The van der Waals surface area contributed by atoms with E-state index in [1.54, 1.807) is 7.11 Å². The van der Waals surface area contributed by atoms with Crippen LogP contribution in [0.3, 0.4) is 0 Å². The maximum absolute atomic E-state index is 10.4. The summed E-state index contributed by atoms with van der Waals surface area (Å²) in [5.74, 6) is 2.07. The summed E-state index contributed by atoms with van der Waals surface area (Å²) in [4.78, 5) is 0. The summed E-state index contributed by atoms with van der Waals surface area (Å²) < 4.78 is 11.7. The van der Waals surface area contributed by atoms with E-state index in [0.717, 1.165) is 22.6 Å². The monoisotopic (exact) mass is 363 g/mol. The molecular formula is C22H37NO3. The molecule has 1 saturated carbocycles. The fourth-order valence-corrected chi connectivity index (χ4v) is 3.56. The highest BCUT2D eigenvalue weighted by atomic mass is 16.5. The number of aliphatic hydroxyl groups is 1. The van der Waals surface area contributed by atoms with E-state index in [-0.39, 0.29) is 5.41 Å². The molecule has 0 radical (unpaired) electrons. The van der Waals surface area contributed by atoms with Gasteiger partial charge in [0.05, 0.1) is 7.11 Å². The predicted octanol–water partition coefficient (Wildman–Crippen LogP) is 4.39. The number of nitrogens with one attached hydrogen (secondary N) is 1. The third-order valence-corrected chi connectivity index (χ3v) is 5.17. The lowest BCUT2D eigenvalue weighted by Crippen LogP contribution is -2.36. The van der Waals surface area contributed by atoms with E-state index in [0.29, 0.717) is 25.1 Å². The smallest absolute Gasteiger partial charge is 0.126 e. The first-order chi connectivity index (χ1) is 12.2. The maximum Gasteiger partial charge on any atom is 0.126 e. The van der Waals surface area contributed by atoms with Crippen LogP contribution in [0.1, 0.15) is 77.3 Å². The Kier molecular flexibility index (Phi) is 7.36. The normalized spacial score (nSPS) is 16.9. The Morgan fingerprint density at radius 2 is 1.85 bits per heavy atom. The zero-order valence-electron chi connectivity index (χ0n) is 17.4. The van der Waals surface area contributed by atoms with E-state index in [2.05, 4.69) is 52.1 Å². The zero-order chi connectivity index (χ0) is 19.3. The molecule has 1 aromatic rings. The van der Waals surface area contributed by atoms with Crippen molar-refractivity contribution in [3.8, 4) is 11.5 Å². The van der Waals surface area contributed by atoms with E-state index in [1.807, 2.05) is 0 Å². The minimum Gasteiger partial charge on any atom is -0.497 e. The molecular weight excluding hydrogens is 326 g/mol. The van der Waals surface area contributed by atoms with Crippen molar-refractivity contribution in [1.82, 2.24) is 5.32 Å². The number of methoxy groups -OCH3 is 1. The van der Waals surface area contributed by atoms with Crippen molar-refractivity contribution < 1.29 is 14.6 Å². The molecule has 4 heteroatoms. The topological polar surface area (TPSA) is 50.7 Å². The summed E-state index contributed by atoms with van der Waals surface area (Å²) in [7, 11) is 1.70. The van der Waals surface area contributed by atoms with E-state index >= 15 is 0 Å². The lowest BCUT2D eigenvalue weighted by Gasteiger charge is -2.27. The number of rotatable bonds is 8. The Labute approximate surface area is 159 Å². The third kappa shape index (κ3) is 5.62. The first kappa shape index (κ1) is 21.0. The van der Waals surface area contributed by atoms with Crippen LogP contribution in [0.2, 0.25) is 0 Å². The third-order valence-electron chi connectivity index (χ3n) is 5.17. The second-order valence-electron chi connectivity index (χ2n) is 8.85. The second kappa shape index (κ2) is 9.09. The van der Waals surface area contributed by atoms with Gasteiger partial charge in [-0.25, -0.2) is 0 Å². The van der Waals surface area contributed by atoms with Gasteiger partial charge in [0, 0.05) is 23.7 Å². The minimum atomic E-state index is -0.509. The molecule has 0 spiro atoms. The Balaban J connectivity index is 2.12. The Morgan fingerprint density at radius 1 is 1.19 bits per heavy atom. The number of hydrogen-bond acceptors (Lipinski definition) is 4. The largest absolute Gasteiger partial charge is 0.497 e. The molecule has 0 heterocycles. The van der Waals surface area contributed by atoms with Gasteiger partial charge in [0.15, 0.2) is 0 Å². The average Bonchev–Trinajstić information content (AvgIpc) is 3.09. The highest BCUT2D eigenvalue weighted by Crippen LogP contribution is 2.40. The van der Waals surface area contributed by atoms with Crippen LogP contribution in [0.4, 0.5) is 0 Å². The summed E-state index contributed by atoms with van der Waals surface area (Å²) in [5, 5.41) is 13.9. The standard InChI is InChI=1S/C22H37NO3/c1-15(2)19-11-18(25-6)12-20(22(3,4)5)21(19)26-14-17(24)13-23-16-9-7-8-10-16/h11-12,15-17,23-24H,7-10,13-14H2,1-6H3/t17-/m1/s1. The van der Waals surface area contributed by atoms with Crippen molar-refractivity contribution >= 4 is 0 Å². The second-order valence-corrected chi connectivity index (χ2v) is 8.85. The molecule has 1 fully saturated rings. The van der Waals surface area contributed by atoms with Gasteiger partial charge in [-0.1, -0.05) is 47.5 Å². The quantitative estimate of drug-likeness (QED) is 0.719. The summed E-state index contributed by atoms with van der Waals surface area (Å²) in [6, 6.07) is 4.67. The molecule has 2 rings (SSSR count). The molecule has 4 nitrogen and oxygen atoms in total. The zero-order valence-corrected chi connectivity index (χ0v) is 17.4.